The van der Waals surface area contributed by atoms with Gasteiger partial charge in [0.1, 0.15) is 16.8 Å². The fraction of sp³-hybridized carbons (Fsp3) is 0.185. The zero-order valence-electron chi connectivity index (χ0n) is 19.6. The number of thiazole rings is 1. The summed E-state index contributed by atoms with van der Waals surface area (Å²) in [5, 5.41) is 5.67. The summed E-state index contributed by atoms with van der Waals surface area (Å²) in [5.41, 5.74) is 4.72. The molecule has 0 saturated carbocycles. The molecule has 0 aliphatic carbocycles. The van der Waals surface area contributed by atoms with Gasteiger partial charge in [0.2, 0.25) is 5.91 Å². The fourth-order valence-corrected chi connectivity index (χ4v) is 4.74. The number of aryl methyl sites for hydroxylation is 1. The number of anilines is 2. The van der Waals surface area contributed by atoms with Crippen molar-refractivity contribution in [2.45, 2.75) is 32.9 Å². The van der Waals surface area contributed by atoms with Gasteiger partial charge in [-0.3, -0.25) is 19.5 Å². The molecule has 35 heavy (non-hydrogen) atoms. The molecule has 7 nitrogen and oxygen atoms in total. The summed E-state index contributed by atoms with van der Waals surface area (Å²) in [4.78, 5) is 36.9. The Balaban J connectivity index is 1.46. The Labute approximate surface area is 207 Å². The van der Waals surface area contributed by atoms with Gasteiger partial charge in [-0.15, -0.1) is 11.3 Å². The Morgan fingerprint density at radius 3 is 2.66 bits per heavy atom. The van der Waals surface area contributed by atoms with Gasteiger partial charge in [0.15, 0.2) is 6.10 Å². The van der Waals surface area contributed by atoms with Gasteiger partial charge in [-0.2, -0.15) is 0 Å². The summed E-state index contributed by atoms with van der Waals surface area (Å²) in [6.45, 7) is 5.40. The van der Waals surface area contributed by atoms with Gasteiger partial charge in [0.25, 0.3) is 5.91 Å². The molecule has 8 heteroatoms. The van der Waals surface area contributed by atoms with E-state index in [0.29, 0.717) is 17.1 Å². The Morgan fingerprint density at radius 2 is 1.91 bits per heavy atom. The Morgan fingerprint density at radius 1 is 1.11 bits per heavy atom. The van der Waals surface area contributed by atoms with Crippen LogP contribution in [0.25, 0.3) is 22.0 Å². The van der Waals surface area contributed by atoms with Crippen molar-refractivity contribution in [3.8, 4) is 27.7 Å². The van der Waals surface area contributed by atoms with Crippen molar-refractivity contribution in [1.82, 2.24) is 9.97 Å². The van der Waals surface area contributed by atoms with Crippen molar-refractivity contribution in [2.24, 2.45) is 0 Å². The average Bonchev–Trinajstić information content (AvgIpc) is 3.37. The predicted molar refractivity (Wildman–Crippen MR) is 138 cm³/mol. The van der Waals surface area contributed by atoms with Gasteiger partial charge < -0.3 is 10.1 Å². The summed E-state index contributed by atoms with van der Waals surface area (Å²) < 4.78 is 5.85. The van der Waals surface area contributed by atoms with E-state index in [4.69, 9.17) is 9.72 Å². The number of amides is 2. The molecule has 0 saturated heterocycles. The van der Waals surface area contributed by atoms with Crippen molar-refractivity contribution in [2.75, 3.05) is 10.2 Å². The van der Waals surface area contributed by atoms with Crippen molar-refractivity contribution in [3.05, 3.63) is 77.8 Å². The molecule has 1 aliphatic heterocycles. The van der Waals surface area contributed by atoms with Crippen molar-refractivity contribution < 1.29 is 14.3 Å². The fourth-order valence-electron chi connectivity index (χ4n) is 3.93. The third-order valence-electron chi connectivity index (χ3n) is 5.88. The third kappa shape index (κ3) is 4.52. The maximum atomic E-state index is 13.2. The van der Waals surface area contributed by atoms with E-state index in [0.717, 1.165) is 27.5 Å². The zero-order valence-corrected chi connectivity index (χ0v) is 20.4. The number of hydrogen-bond acceptors (Lipinski definition) is 6. The Bertz CT molecular complexity index is 1390. The topological polar surface area (TPSA) is 84.4 Å². The largest absolute Gasteiger partial charge is 0.479 e. The number of fused-ring (bicyclic) bond motifs is 1. The van der Waals surface area contributed by atoms with Crippen LogP contribution in [0.1, 0.15) is 19.4 Å². The molecule has 0 fully saturated rings. The number of hydrogen-bond donors (Lipinski definition) is 1. The molecule has 5 rings (SSSR count). The van der Waals surface area contributed by atoms with Gasteiger partial charge in [0, 0.05) is 22.8 Å². The molecule has 2 atom stereocenters. The average molecular weight is 485 g/mol. The van der Waals surface area contributed by atoms with Crippen LogP contribution in [0.2, 0.25) is 0 Å². The van der Waals surface area contributed by atoms with Crippen LogP contribution in [-0.4, -0.2) is 33.9 Å². The molecular weight excluding hydrogens is 460 g/mol. The molecule has 2 aromatic carbocycles. The smallest absolute Gasteiger partial charge is 0.268 e. The molecule has 4 aromatic rings. The molecule has 176 valence electrons. The van der Waals surface area contributed by atoms with Crippen LogP contribution in [0.5, 0.6) is 5.75 Å². The lowest BCUT2D eigenvalue weighted by atomic mass is 10.1. The number of aromatic nitrogens is 2. The first-order chi connectivity index (χ1) is 16.9. The molecule has 2 amide bonds. The van der Waals surface area contributed by atoms with Crippen LogP contribution in [0.4, 0.5) is 11.4 Å². The lowest BCUT2D eigenvalue weighted by Crippen LogP contribution is -2.52. The summed E-state index contributed by atoms with van der Waals surface area (Å²) in [6, 6.07) is 18.1. The van der Waals surface area contributed by atoms with E-state index in [1.54, 1.807) is 20.0 Å². The third-order valence-corrected chi connectivity index (χ3v) is 6.74. The number of ether oxygens (including phenoxy) is 1. The Kier molecular flexibility index (Phi) is 6.05. The normalized spacial score (nSPS) is 15.8. The zero-order chi connectivity index (χ0) is 24.5. The number of carbonyl (C=O) groups excluding carboxylic acids is 2. The SMILES string of the molecule is Cc1ccc(NC(=O)C(C)N2C(=O)C(C)Oc3ccc(-c4csc(-c5ccccn5)n4)cc32)cc1. The first-order valence-corrected chi connectivity index (χ1v) is 12.2. The maximum Gasteiger partial charge on any atom is 0.268 e. The highest BCUT2D eigenvalue weighted by Crippen LogP contribution is 2.39. The molecule has 0 bridgehead atoms. The molecule has 2 unspecified atom stereocenters. The number of nitrogens with one attached hydrogen (secondary N) is 1. The maximum absolute atomic E-state index is 13.2. The first kappa shape index (κ1) is 22.7. The summed E-state index contributed by atoms with van der Waals surface area (Å²) in [7, 11) is 0. The monoisotopic (exact) mass is 484 g/mol. The number of nitrogens with zero attached hydrogens (tertiary/aromatic N) is 3. The van der Waals surface area contributed by atoms with E-state index in [9.17, 15) is 9.59 Å². The van der Waals surface area contributed by atoms with Crippen LogP contribution in [0.15, 0.2) is 72.2 Å². The van der Waals surface area contributed by atoms with Crippen LogP contribution < -0.4 is 15.0 Å². The van der Waals surface area contributed by atoms with Crippen molar-refractivity contribution in [3.63, 3.8) is 0 Å². The molecule has 2 aromatic heterocycles. The first-order valence-electron chi connectivity index (χ1n) is 11.3. The molecule has 1 N–H and O–H groups in total. The second-order valence-electron chi connectivity index (χ2n) is 8.43. The standard InChI is InChI=1S/C27H24N4O3S/c1-16-7-10-20(11-8-16)29-25(32)17(2)31-23-14-19(9-12-24(23)34-18(3)27(31)33)22-15-35-26(30-22)21-6-4-5-13-28-21/h4-15,17-18H,1-3H3,(H,29,32). The van der Waals surface area contributed by atoms with E-state index < -0.39 is 12.1 Å². The molecule has 0 spiro atoms. The summed E-state index contributed by atoms with van der Waals surface area (Å²) in [5.74, 6) is 0.00317. The lowest BCUT2D eigenvalue weighted by Gasteiger charge is -2.36. The summed E-state index contributed by atoms with van der Waals surface area (Å²) >= 11 is 1.50. The van der Waals surface area contributed by atoms with Crippen molar-refractivity contribution >= 4 is 34.5 Å². The molecular formula is C27H24N4O3S. The highest BCUT2D eigenvalue weighted by atomic mass is 32.1. The molecule has 1 aliphatic rings. The minimum Gasteiger partial charge on any atom is -0.479 e. The van der Waals surface area contributed by atoms with Crippen LogP contribution in [0, 0.1) is 6.92 Å². The number of benzene rings is 2. The van der Waals surface area contributed by atoms with E-state index in [1.807, 2.05) is 73.0 Å². The molecule has 3 heterocycles. The van der Waals surface area contributed by atoms with Gasteiger partial charge >= 0.3 is 0 Å². The van der Waals surface area contributed by atoms with E-state index in [1.165, 1.54) is 16.2 Å². The van der Waals surface area contributed by atoms with E-state index >= 15 is 0 Å². The quantitative estimate of drug-likeness (QED) is 0.414. The second-order valence-corrected chi connectivity index (χ2v) is 9.29. The highest BCUT2D eigenvalue weighted by Gasteiger charge is 2.37. The minimum absolute atomic E-state index is 0.270. The minimum atomic E-state index is -0.747. The predicted octanol–water partition coefficient (Wildman–Crippen LogP) is 5.32. The Hall–Kier alpha value is -4.04. The highest BCUT2D eigenvalue weighted by molar-refractivity contribution is 7.13. The lowest BCUT2D eigenvalue weighted by molar-refractivity contribution is -0.128. The van der Waals surface area contributed by atoms with Gasteiger partial charge in [-0.05, 0) is 63.2 Å². The number of pyridine rings is 1. The van der Waals surface area contributed by atoms with Gasteiger partial charge in [0.05, 0.1) is 17.1 Å². The summed E-state index contributed by atoms with van der Waals surface area (Å²) in [6.07, 6.45) is 1.04. The van der Waals surface area contributed by atoms with Crippen molar-refractivity contribution in [1.29, 1.82) is 0 Å². The molecule has 0 radical (unpaired) electrons. The van der Waals surface area contributed by atoms with E-state index in [-0.39, 0.29) is 11.8 Å². The van der Waals surface area contributed by atoms with Gasteiger partial charge in [-0.1, -0.05) is 23.8 Å². The number of carbonyl (C=O) groups is 2. The van der Waals surface area contributed by atoms with Crippen LogP contribution >= 0.6 is 11.3 Å². The number of rotatable bonds is 5. The van der Waals surface area contributed by atoms with Crippen LogP contribution in [0.3, 0.4) is 0 Å². The van der Waals surface area contributed by atoms with E-state index in [2.05, 4.69) is 10.3 Å². The second kappa shape index (κ2) is 9.31. The van der Waals surface area contributed by atoms with Gasteiger partial charge in [-0.25, -0.2) is 4.98 Å². The van der Waals surface area contributed by atoms with Crippen LogP contribution in [-0.2, 0) is 9.59 Å².